The number of rotatable bonds is 4. The quantitative estimate of drug-likeness (QED) is 0.787. The van der Waals surface area contributed by atoms with Crippen molar-refractivity contribution >= 4 is 5.91 Å². The van der Waals surface area contributed by atoms with Gasteiger partial charge in [0.2, 0.25) is 0 Å². The van der Waals surface area contributed by atoms with E-state index in [1.165, 1.54) is 0 Å². The zero-order valence-electron chi connectivity index (χ0n) is 9.10. The van der Waals surface area contributed by atoms with Crippen LogP contribution in [-0.4, -0.2) is 23.2 Å². The molecule has 1 aromatic carbocycles. The van der Waals surface area contributed by atoms with E-state index in [4.69, 9.17) is 0 Å². The van der Waals surface area contributed by atoms with Crippen molar-refractivity contribution in [1.82, 2.24) is 5.32 Å². The molecule has 1 amide bonds. The monoisotopic (exact) mass is 207 g/mol. The van der Waals surface area contributed by atoms with Crippen LogP contribution in [0.3, 0.4) is 0 Å². The van der Waals surface area contributed by atoms with Crippen LogP contribution in [0.25, 0.3) is 0 Å². The average Bonchev–Trinajstić information content (AvgIpc) is 2.26. The van der Waals surface area contributed by atoms with Gasteiger partial charge >= 0.3 is 0 Å². The first-order valence-electron chi connectivity index (χ1n) is 5.19. The molecule has 0 fully saturated rings. The summed E-state index contributed by atoms with van der Waals surface area (Å²) in [4.78, 5) is 11.7. The number of benzene rings is 1. The summed E-state index contributed by atoms with van der Waals surface area (Å²) in [7, 11) is 0. The average molecular weight is 207 g/mol. The van der Waals surface area contributed by atoms with E-state index in [0.717, 1.165) is 6.42 Å². The first-order chi connectivity index (χ1) is 7.15. The van der Waals surface area contributed by atoms with Gasteiger partial charge in [-0.25, -0.2) is 0 Å². The van der Waals surface area contributed by atoms with Gasteiger partial charge in [0.1, 0.15) is 0 Å². The molecule has 3 heteroatoms. The van der Waals surface area contributed by atoms with Crippen molar-refractivity contribution in [3.63, 3.8) is 0 Å². The zero-order chi connectivity index (χ0) is 11.3. The first-order valence-corrected chi connectivity index (χ1v) is 5.19. The van der Waals surface area contributed by atoms with Crippen LogP contribution in [0.4, 0.5) is 0 Å². The van der Waals surface area contributed by atoms with Crippen LogP contribution in [0.1, 0.15) is 30.6 Å². The summed E-state index contributed by atoms with van der Waals surface area (Å²) in [6.07, 6.45) is 0.193. The molecular weight excluding hydrogens is 190 g/mol. The Kier molecular flexibility index (Phi) is 4.31. The van der Waals surface area contributed by atoms with Gasteiger partial charge in [-0.3, -0.25) is 4.79 Å². The SMILES string of the molecule is CC[C@@H](NC(=O)c1ccccc1)[C@H](C)O. The molecule has 3 nitrogen and oxygen atoms in total. The van der Waals surface area contributed by atoms with Crippen molar-refractivity contribution < 1.29 is 9.90 Å². The van der Waals surface area contributed by atoms with Gasteiger partial charge in [0.25, 0.3) is 5.91 Å². The van der Waals surface area contributed by atoms with Crippen molar-refractivity contribution in [3.8, 4) is 0 Å². The number of nitrogens with one attached hydrogen (secondary N) is 1. The van der Waals surface area contributed by atoms with Gasteiger partial charge in [-0.05, 0) is 25.5 Å². The van der Waals surface area contributed by atoms with Crippen LogP contribution in [0, 0.1) is 0 Å². The Hall–Kier alpha value is -1.35. The van der Waals surface area contributed by atoms with Gasteiger partial charge in [0, 0.05) is 5.56 Å². The summed E-state index contributed by atoms with van der Waals surface area (Å²) in [5.74, 6) is -0.136. The fourth-order valence-corrected chi connectivity index (χ4v) is 1.41. The van der Waals surface area contributed by atoms with Crippen molar-refractivity contribution in [1.29, 1.82) is 0 Å². The minimum absolute atomic E-state index is 0.136. The summed E-state index contributed by atoms with van der Waals surface area (Å²) < 4.78 is 0. The third-order valence-corrected chi connectivity index (χ3v) is 2.37. The summed E-state index contributed by atoms with van der Waals surface area (Å²) in [6, 6.07) is 8.82. The number of carbonyl (C=O) groups is 1. The minimum atomic E-state index is -0.525. The van der Waals surface area contributed by atoms with Crippen LogP contribution >= 0.6 is 0 Å². The van der Waals surface area contributed by atoms with Gasteiger partial charge in [-0.15, -0.1) is 0 Å². The van der Waals surface area contributed by atoms with Crippen LogP contribution in [0.2, 0.25) is 0 Å². The van der Waals surface area contributed by atoms with E-state index in [-0.39, 0.29) is 11.9 Å². The highest BCUT2D eigenvalue weighted by molar-refractivity contribution is 5.94. The Bertz CT molecular complexity index is 309. The predicted molar refractivity (Wildman–Crippen MR) is 59.7 cm³/mol. The lowest BCUT2D eigenvalue weighted by atomic mass is 10.1. The molecular formula is C12H17NO2. The third kappa shape index (κ3) is 3.36. The third-order valence-electron chi connectivity index (χ3n) is 2.37. The van der Waals surface area contributed by atoms with E-state index in [1.807, 2.05) is 25.1 Å². The predicted octanol–water partition coefficient (Wildman–Crippen LogP) is 1.58. The lowest BCUT2D eigenvalue weighted by molar-refractivity contribution is 0.0855. The normalized spacial score (nSPS) is 14.3. The Morgan fingerprint density at radius 3 is 2.47 bits per heavy atom. The van der Waals surface area contributed by atoms with Gasteiger partial charge in [-0.1, -0.05) is 25.1 Å². The zero-order valence-corrected chi connectivity index (χ0v) is 9.10. The molecule has 0 spiro atoms. The van der Waals surface area contributed by atoms with E-state index >= 15 is 0 Å². The van der Waals surface area contributed by atoms with E-state index < -0.39 is 6.10 Å². The van der Waals surface area contributed by atoms with Gasteiger partial charge in [0.05, 0.1) is 12.1 Å². The van der Waals surface area contributed by atoms with Gasteiger partial charge in [-0.2, -0.15) is 0 Å². The second-order valence-corrected chi connectivity index (χ2v) is 3.59. The maximum absolute atomic E-state index is 11.7. The highest BCUT2D eigenvalue weighted by Crippen LogP contribution is 2.02. The maximum atomic E-state index is 11.7. The first kappa shape index (κ1) is 11.7. The van der Waals surface area contributed by atoms with Crippen LogP contribution in [0.15, 0.2) is 30.3 Å². The molecule has 0 aliphatic carbocycles. The lowest BCUT2D eigenvalue weighted by Crippen LogP contribution is -2.41. The van der Waals surface area contributed by atoms with E-state index in [1.54, 1.807) is 19.1 Å². The Balaban J connectivity index is 2.63. The number of hydrogen-bond acceptors (Lipinski definition) is 2. The fourth-order valence-electron chi connectivity index (χ4n) is 1.41. The molecule has 82 valence electrons. The molecule has 0 aliphatic heterocycles. The molecule has 2 atom stereocenters. The number of hydrogen-bond donors (Lipinski definition) is 2. The highest BCUT2D eigenvalue weighted by atomic mass is 16.3. The van der Waals surface area contributed by atoms with Crippen molar-refractivity contribution in [2.45, 2.75) is 32.4 Å². The van der Waals surface area contributed by atoms with Crippen molar-refractivity contribution in [3.05, 3.63) is 35.9 Å². The number of carbonyl (C=O) groups excluding carboxylic acids is 1. The standard InChI is InChI=1S/C12H17NO2/c1-3-11(9(2)14)13-12(15)10-7-5-4-6-8-10/h4-9,11,14H,3H2,1-2H3,(H,13,15)/t9-,11+/m0/s1. The summed E-state index contributed by atoms with van der Waals surface area (Å²) in [6.45, 7) is 3.61. The van der Waals surface area contributed by atoms with Crippen molar-refractivity contribution in [2.24, 2.45) is 0 Å². The highest BCUT2D eigenvalue weighted by Gasteiger charge is 2.15. The van der Waals surface area contributed by atoms with Crippen LogP contribution in [-0.2, 0) is 0 Å². The molecule has 0 bridgehead atoms. The molecule has 2 N–H and O–H groups in total. The second kappa shape index (κ2) is 5.51. The number of amides is 1. The molecule has 1 rings (SSSR count). The maximum Gasteiger partial charge on any atom is 0.251 e. The smallest absolute Gasteiger partial charge is 0.251 e. The Labute approximate surface area is 90.1 Å². The van der Waals surface area contributed by atoms with Crippen LogP contribution in [0.5, 0.6) is 0 Å². The van der Waals surface area contributed by atoms with Crippen LogP contribution < -0.4 is 5.32 Å². The summed E-state index contributed by atoms with van der Waals surface area (Å²) in [5.41, 5.74) is 0.622. The molecule has 0 radical (unpaired) electrons. The lowest BCUT2D eigenvalue weighted by Gasteiger charge is -2.19. The molecule has 1 aromatic rings. The number of aliphatic hydroxyl groups is 1. The minimum Gasteiger partial charge on any atom is -0.391 e. The molecule has 0 saturated carbocycles. The molecule has 0 heterocycles. The van der Waals surface area contributed by atoms with Crippen molar-refractivity contribution in [2.75, 3.05) is 0 Å². The number of aliphatic hydroxyl groups excluding tert-OH is 1. The van der Waals surface area contributed by atoms with Gasteiger partial charge < -0.3 is 10.4 Å². The molecule has 0 aromatic heterocycles. The summed E-state index contributed by atoms with van der Waals surface area (Å²) in [5, 5.41) is 12.2. The Morgan fingerprint density at radius 1 is 1.40 bits per heavy atom. The second-order valence-electron chi connectivity index (χ2n) is 3.59. The Morgan fingerprint density at radius 2 is 2.00 bits per heavy atom. The molecule has 0 saturated heterocycles. The summed E-state index contributed by atoms with van der Waals surface area (Å²) >= 11 is 0. The van der Waals surface area contributed by atoms with E-state index in [9.17, 15) is 9.90 Å². The van der Waals surface area contributed by atoms with Gasteiger partial charge in [0.15, 0.2) is 0 Å². The molecule has 0 aliphatic rings. The van der Waals surface area contributed by atoms with E-state index in [0.29, 0.717) is 5.56 Å². The largest absolute Gasteiger partial charge is 0.391 e. The fraction of sp³-hybridized carbons (Fsp3) is 0.417. The topological polar surface area (TPSA) is 49.3 Å². The van der Waals surface area contributed by atoms with E-state index in [2.05, 4.69) is 5.32 Å². The molecule has 0 unspecified atom stereocenters. The molecule has 15 heavy (non-hydrogen) atoms.